The minimum atomic E-state index is -1.21. The molecule has 160 valence electrons. The number of hydrogen-bond donors (Lipinski definition) is 3. The van der Waals surface area contributed by atoms with Crippen molar-refractivity contribution in [3.05, 3.63) is 23.1 Å². The van der Waals surface area contributed by atoms with E-state index in [0.717, 1.165) is 11.8 Å². The van der Waals surface area contributed by atoms with Crippen LogP contribution in [0.25, 0.3) is 10.4 Å². The summed E-state index contributed by atoms with van der Waals surface area (Å²) >= 11 is 2.17. The first-order chi connectivity index (χ1) is 14.2. The molecule has 9 nitrogen and oxygen atoms in total. The number of halogens is 1. The fourth-order valence-corrected chi connectivity index (χ4v) is 6.52. The van der Waals surface area contributed by atoms with E-state index in [1.807, 2.05) is 6.92 Å². The van der Waals surface area contributed by atoms with Crippen LogP contribution < -0.4 is 10.3 Å². The first-order valence-electron chi connectivity index (χ1n) is 9.17. The molecule has 0 radical (unpaired) electrons. The third-order valence-corrected chi connectivity index (χ3v) is 7.64. The predicted octanol–water partition coefficient (Wildman–Crippen LogP) is 0.446. The number of thioether (sulfide) groups is 1. The molecule has 1 saturated heterocycles. The molecule has 4 heterocycles. The Morgan fingerprint density at radius 1 is 1.47 bits per heavy atom. The number of fused-ring (bicyclic) bond motifs is 2. The van der Waals surface area contributed by atoms with E-state index < -0.39 is 41.9 Å². The number of rotatable bonds is 7. The molecule has 2 amide bonds. The number of thiazole rings is 1. The van der Waals surface area contributed by atoms with Crippen LogP contribution in [0.5, 0.6) is 0 Å². The molecule has 2 aliphatic heterocycles. The Kier molecular flexibility index (Phi) is 5.11. The number of carbonyl (C=O) groups excluding carboxylic acids is 2. The molecule has 1 unspecified atom stereocenters. The molecule has 2 aliphatic rings. The van der Waals surface area contributed by atoms with E-state index in [1.54, 1.807) is 21.5 Å². The number of nitrogens with two attached hydrogens (primary N) is 1. The second kappa shape index (κ2) is 7.36. The van der Waals surface area contributed by atoms with E-state index in [1.165, 1.54) is 23.2 Å². The first kappa shape index (κ1) is 20.8. The van der Waals surface area contributed by atoms with Crippen molar-refractivity contribution in [2.24, 2.45) is 17.6 Å². The quantitative estimate of drug-likeness (QED) is 0.316. The number of nitrogens with zero attached hydrogens (tertiary/aromatic N) is 3. The van der Waals surface area contributed by atoms with Crippen molar-refractivity contribution in [2.75, 3.05) is 6.01 Å². The number of primary amides is 1. The molecular weight excluding hydrogens is 435 g/mol. The van der Waals surface area contributed by atoms with Crippen LogP contribution in [0.3, 0.4) is 0 Å². The van der Waals surface area contributed by atoms with E-state index in [-0.39, 0.29) is 18.2 Å². The highest BCUT2D eigenvalue weighted by atomic mass is 32.2. The minimum absolute atomic E-state index is 0.0800. The van der Waals surface area contributed by atoms with Gasteiger partial charge in [0.25, 0.3) is 12.2 Å². The van der Waals surface area contributed by atoms with Crippen molar-refractivity contribution < 1.29 is 33.6 Å². The summed E-state index contributed by atoms with van der Waals surface area (Å²) in [6.45, 7) is 3.26. The maximum absolute atomic E-state index is 13.1. The van der Waals surface area contributed by atoms with Gasteiger partial charge in [-0.1, -0.05) is 18.3 Å². The third kappa shape index (κ3) is 2.93. The smallest absolute Gasteiger partial charge is 0.352 e. The highest BCUT2D eigenvalue weighted by Gasteiger charge is 2.60. The zero-order valence-corrected chi connectivity index (χ0v) is 17.7. The summed E-state index contributed by atoms with van der Waals surface area (Å²) in [5, 5.41) is 20.3. The molecule has 2 aromatic rings. The Bertz CT molecular complexity index is 1110. The van der Waals surface area contributed by atoms with Crippen molar-refractivity contribution in [2.45, 2.75) is 37.6 Å². The maximum Gasteiger partial charge on any atom is 0.352 e. The van der Waals surface area contributed by atoms with Gasteiger partial charge in [-0.05, 0) is 18.7 Å². The Morgan fingerprint density at radius 2 is 2.17 bits per heavy atom. The minimum Gasteiger partial charge on any atom is -0.477 e. The lowest BCUT2D eigenvalue weighted by Crippen LogP contribution is -2.63. The van der Waals surface area contributed by atoms with Gasteiger partial charge >= 0.3 is 5.97 Å². The van der Waals surface area contributed by atoms with Gasteiger partial charge in [-0.3, -0.25) is 9.59 Å². The Morgan fingerprint density at radius 3 is 2.73 bits per heavy atom. The fraction of sp³-hybridized carbons (Fsp3) is 0.444. The molecule has 1 fully saturated rings. The maximum atomic E-state index is 13.1. The second-order valence-electron chi connectivity index (χ2n) is 7.40. The monoisotopic (exact) mass is 455 g/mol. The van der Waals surface area contributed by atoms with E-state index in [4.69, 9.17) is 5.73 Å². The number of aliphatic carboxylic acids is 1. The number of carboxylic acids is 1. The van der Waals surface area contributed by atoms with Crippen LogP contribution in [0.2, 0.25) is 0 Å². The molecule has 0 aliphatic carbocycles. The molecule has 12 heteroatoms. The molecule has 4 N–H and O–H groups in total. The van der Waals surface area contributed by atoms with Gasteiger partial charge in [0, 0.05) is 11.5 Å². The molecule has 4 atom stereocenters. The van der Waals surface area contributed by atoms with Crippen LogP contribution in [-0.2, 0) is 20.9 Å². The number of hydrogen-bond acceptors (Lipinski definition) is 6. The van der Waals surface area contributed by atoms with Gasteiger partial charge in [0.05, 0.1) is 22.9 Å². The van der Waals surface area contributed by atoms with Gasteiger partial charge in [0.1, 0.15) is 17.9 Å². The average Bonchev–Trinajstić information content (AvgIpc) is 3.24. The van der Waals surface area contributed by atoms with Gasteiger partial charge < -0.3 is 20.8 Å². The summed E-state index contributed by atoms with van der Waals surface area (Å²) in [7, 11) is 0. The summed E-state index contributed by atoms with van der Waals surface area (Å²) in [6.07, 6.45) is 2.44. The molecule has 2 aromatic heterocycles. The number of carbonyl (C=O) groups is 3. The van der Waals surface area contributed by atoms with Gasteiger partial charge in [-0.25, -0.2) is 13.8 Å². The number of aliphatic hydroxyl groups is 1. The van der Waals surface area contributed by atoms with Crippen molar-refractivity contribution in [3.8, 4) is 0 Å². The summed E-state index contributed by atoms with van der Waals surface area (Å²) in [5.74, 6) is -3.12. The van der Waals surface area contributed by atoms with E-state index in [2.05, 4.69) is 0 Å². The van der Waals surface area contributed by atoms with E-state index in [0.29, 0.717) is 20.3 Å². The van der Waals surface area contributed by atoms with Gasteiger partial charge in [0.2, 0.25) is 15.8 Å². The van der Waals surface area contributed by atoms with Crippen LogP contribution in [0.4, 0.5) is 4.39 Å². The SMILES string of the molecule is C[C@@H](O)C1C(=O)N2C(C(=O)O)=C(c3cn4c[n+](CC(N)=O)c(SCF)c4s3)[C@H](C)[C@@H]12. The lowest BCUT2D eigenvalue weighted by molar-refractivity contribution is -0.717. The zero-order valence-electron chi connectivity index (χ0n) is 16.1. The first-order valence-corrected chi connectivity index (χ1v) is 11.0. The van der Waals surface area contributed by atoms with Gasteiger partial charge in [0.15, 0.2) is 6.54 Å². The lowest BCUT2D eigenvalue weighted by Gasteiger charge is -2.46. The molecular formula is C18H20FN4O5S2+. The van der Waals surface area contributed by atoms with Crippen molar-refractivity contribution in [1.29, 1.82) is 0 Å². The van der Waals surface area contributed by atoms with Crippen molar-refractivity contribution in [1.82, 2.24) is 9.30 Å². The van der Waals surface area contributed by atoms with Crippen LogP contribution >= 0.6 is 23.1 Å². The summed E-state index contributed by atoms with van der Waals surface area (Å²) in [4.78, 5) is 38.4. The normalized spacial score (nSPS) is 24.3. The number of β-lactam (4-membered cyclic amide) rings is 1. The number of imidazole rings is 1. The summed E-state index contributed by atoms with van der Waals surface area (Å²) in [5.41, 5.74) is 5.70. The topological polar surface area (TPSA) is 129 Å². The largest absolute Gasteiger partial charge is 0.477 e. The Labute approximate surface area is 178 Å². The molecule has 0 saturated carbocycles. The van der Waals surface area contributed by atoms with Gasteiger partial charge in [-0.15, -0.1) is 0 Å². The Hall–Kier alpha value is -2.44. The summed E-state index contributed by atoms with van der Waals surface area (Å²) in [6, 6.07) is -1.12. The van der Waals surface area contributed by atoms with E-state index in [9.17, 15) is 29.0 Å². The number of alkyl halides is 1. The average molecular weight is 456 g/mol. The molecule has 4 rings (SSSR count). The molecule has 30 heavy (non-hydrogen) atoms. The molecule has 0 aromatic carbocycles. The van der Waals surface area contributed by atoms with Crippen LogP contribution in [-0.4, -0.2) is 55.4 Å². The second-order valence-corrected chi connectivity index (χ2v) is 9.32. The van der Waals surface area contributed by atoms with Crippen LogP contribution in [0.1, 0.15) is 18.7 Å². The third-order valence-electron chi connectivity index (χ3n) is 5.56. The van der Waals surface area contributed by atoms with Crippen LogP contribution in [0, 0.1) is 11.8 Å². The summed E-state index contributed by atoms with van der Waals surface area (Å²) < 4.78 is 16.3. The predicted molar refractivity (Wildman–Crippen MR) is 106 cm³/mol. The lowest BCUT2D eigenvalue weighted by atomic mass is 9.77. The standard InChI is InChI=1S/C18H19FN4O5S2/c1-7-11(14(18(27)28)23-13(7)12(8(2)24)15(23)26)9-3-21-6-22(4-10(20)25)16(29-5-19)17(21)30-9/h3,6-8,12-13,24H,4-5H2,1-2H3,(H2-,20,25,27,28)/p+1/t7-,8+,12?,13-/m0/s1. The number of aromatic nitrogens is 2. The number of amides is 2. The van der Waals surface area contributed by atoms with Gasteiger partial charge in [-0.2, -0.15) is 4.40 Å². The van der Waals surface area contributed by atoms with Crippen molar-refractivity contribution in [3.63, 3.8) is 0 Å². The fourth-order valence-electron chi connectivity index (χ4n) is 4.43. The number of carboxylic acid groups (broad SMARTS) is 1. The number of aliphatic hydroxyl groups excluding tert-OH is 1. The zero-order chi connectivity index (χ0) is 21.9. The molecule has 0 spiro atoms. The molecule has 0 bridgehead atoms. The highest BCUT2D eigenvalue weighted by molar-refractivity contribution is 7.99. The Balaban J connectivity index is 1.82. The van der Waals surface area contributed by atoms with Crippen LogP contribution in [0.15, 0.2) is 23.2 Å². The van der Waals surface area contributed by atoms with E-state index >= 15 is 0 Å². The highest BCUT2D eigenvalue weighted by Crippen LogP contribution is 2.51. The van der Waals surface area contributed by atoms with Crippen molar-refractivity contribution >= 4 is 51.3 Å².